The number of nitrogen functional groups attached to an aromatic ring is 1. The molecule has 0 saturated heterocycles. The molecule has 1 aromatic heterocycles. The molecule has 0 spiro atoms. The first-order chi connectivity index (χ1) is 7.66. The second kappa shape index (κ2) is 4.34. The summed E-state index contributed by atoms with van der Waals surface area (Å²) in [6.07, 6.45) is 4.69. The number of aromatic nitrogens is 1. The van der Waals surface area contributed by atoms with Gasteiger partial charge in [-0.2, -0.15) is 0 Å². The number of nitrogens with zero attached hydrogens (tertiary/aromatic N) is 2. The number of pyridine rings is 1. The highest BCUT2D eigenvalue weighted by molar-refractivity contribution is 5.57. The molecule has 6 heteroatoms. The molecule has 6 nitrogen and oxygen atoms in total. The van der Waals surface area contributed by atoms with Gasteiger partial charge in [0.1, 0.15) is 5.82 Å². The van der Waals surface area contributed by atoms with E-state index in [-0.39, 0.29) is 11.5 Å². The molecule has 0 aliphatic heterocycles. The lowest BCUT2D eigenvalue weighted by Crippen LogP contribution is -2.16. The van der Waals surface area contributed by atoms with Gasteiger partial charge in [0.25, 0.3) is 0 Å². The first-order valence-electron chi connectivity index (χ1n) is 5.34. The number of nitrogens with two attached hydrogens (primary N) is 1. The van der Waals surface area contributed by atoms with Crippen molar-refractivity contribution in [2.24, 2.45) is 0 Å². The highest BCUT2D eigenvalue weighted by atomic mass is 16.6. The molecule has 0 aromatic carbocycles. The first kappa shape index (κ1) is 10.7. The summed E-state index contributed by atoms with van der Waals surface area (Å²) in [6.45, 7) is 0. The molecule has 3 N–H and O–H groups in total. The normalized spacial score (nSPS) is 16.2. The van der Waals surface area contributed by atoms with E-state index in [1.54, 1.807) is 6.07 Å². The molecular formula is C10H14N4O2. The Kier molecular flexibility index (Phi) is 2.89. The summed E-state index contributed by atoms with van der Waals surface area (Å²) in [4.78, 5) is 14.0. The zero-order valence-corrected chi connectivity index (χ0v) is 8.85. The van der Waals surface area contributed by atoms with Crippen molar-refractivity contribution in [3.63, 3.8) is 0 Å². The maximum atomic E-state index is 10.5. The van der Waals surface area contributed by atoms with Crippen LogP contribution in [0.5, 0.6) is 0 Å². The van der Waals surface area contributed by atoms with Crippen molar-refractivity contribution in [3.8, 4) is 0 Å². The lowest BCUT2D eigenvalue weighted by Gasteiger charge is -2.12. The van der Waals surface area contributed by atoms with Gasteiger partial charge in [-0.3, -0.25) is 10.1 Å². The Hall–Kier alpha value is -1.85. The highest BCUT2D eigenvalue weighted by Gasteiger charge is 2.17. The van der Waals surface area contributed by atoms with E-state index in [1.165, 1.54) is 18.9 Å². The molecular weight excluding hydrogens is 208 g/mol. The van der Waals surface area contributed by atoms with Gasteiger partial charge in [-0.25, -0.2) is 4.98 Å². The standard InChI is InChI=1S/C10H14N4O2/c11-10-8(14(15)16)5-6-9(13-10)12-7-3-1-2-4-7/h5-7H,1-4H2,(H3,11,12,13). The molecule has 16 heavy (non-hydrogen) atoms. The van der Waals surface area contributed by atoms with Gasteiger partial charge < -0.3 is 11.1 Å². The third kappa shape index (κ3) is 2.21. The summed E-state index contributed by atoms with van der Waals surface area (Å²) in [6, 6.07) is 3.42. The van der Waals surface area contributed by atoms with E-state index < -0.39 is 4.92 Å². The lowest BCUT2D eigenvalue weighted by atomic mass is 10.2. The number of hydrogen-bond acceptors (Lipinski definition) is 5. The predicted molar refractivity (Wildman–Crippen MR) is 61.2 cm³/mol. The molecule has 1 saturated carbocycles. The van der Waals surface area contributed by atoms with Crippen LogP contribution in [0.25, 0.3) is 0 Å². The van der Waals surface area contributed by atoms with Crippen LogP contribution in [-0.4, -0.2) is 15.9 Å². The average molecular weight is 222 g/mol. The molecule has 0 bridgehead atoms. The van der Waals surface area contributed by atoms with Gasteiger partial charge in [0.15, 0.2) is 0 Å². The van der Waals surface area contributed by atoms with Gasteiger partial charge in [-0.05, 0) is 18.9 Å². The summed E-state index contributed by atoms with van der Waals surface area (Å²) < 4.78 is 0. The van der Waals surface area contributed by atoms with Crippen molar-refractivity contribution in [1.29, 1.82) is 0 Å². The third-order valence-electron chi connectivity index (χ3n) is 2.81. The Morgan fingerprint density at radius 1 is 1.44 bits per heavy atom. The van der Waals surface area contributed by atoms with Crippen LogP contribution in [-0.2, 0) is 0 Å². The maximum Gasteiger partial charge on any atom is 0.311 e. The van der Waals surface area contributed by atoms with Crippen LogP contribution in [0.15, 0.2) is 12.1 Å². The molecule has 86 valence electrons. The Morgan fingerprint density at radius 2 is 2.12 bits per heavy atom. The van der Waals surface area contributed by atoms with Crippen LogP contribution in [0.1, 0.15) is 25.7 Å². The Bertz CT molecular complexity index is 402. The number of nitro groups is 1. The number of hydrogen-bond donors (Lipinski definition) is 2. The van der Waals surface area contributed by atoms with Gasteiger partial charge in [0, 0.05) is 12.1 Å². The van der Waals surface area contributed by atoms with Crippen molar-refractivity contribution in [1.82, 2.24) is 4.98 Å². The van der Waals surface area contributed by atoms with Crippen molar-refractivity contribution >= 4 is 17.3 Å². The Balaban J connectivity index is 2.11. The number of rotatable bonds is 3. The summed E-state index contributed by atoms with van der Waals surface area (Å²) in [5.74, 6) is 0.586. The van der Waals surface area contributed by atoms with E-state index in [4.69, 9.17) is 5.73 Å². The Labute approximate surface area is 93.0 Å². The fraction of sp³-hybridized carbons (Fsp3) is 0.500. The summed E-state index contributed by atoms with van der Waals surface area (Å²) in [5, 5.41) is 13.8. The number of nitrogens with one attached hydrogen (secondary N) is 1. The quantitative estimate of drug-likeness (QED) is 0.602. The summed E-state index contributed by atoms with van der Waals surface area (Å²) in [7, 11) is 0. The average Bonchev–Trinajstić information content (AvgIpc) is 2.70. The van der Waals surface area contributed by atoms with E-state index in [9.17, 15) is 10.1 Å². The molecule has 2 rings (SSSR count). The van der Waals surface area contributed by atoms with E-state index in [0.717, 1.165) is 12.8 Å². The second-order valence-corrected chi connectivity index (χ2v) is 3.98. The SMILES string of the molecule is Nc1nc(NC2CCCC2)ccc1[N+](=O)[O-]. The van der Waals surface area contributed by atoms with E-state index >= 15 is 0 Å². The fourth-order valence-electron chi connectivity index (χ4n) is 1.98. The fourth-order valence-corrected chi connectivity index (χ4v) is 1.98. The van der Waals surface area contributed by atoms with Gasteiger partial charge in [-0.15, -0.1) is 0 Å². The molecule has 1 aliphatic carbocycles. The third-order valence-corrected chi connectivity index (χ3v) is 2.81. The zero-order valence-electron chi connectivity index (χ0n) is 8.85. The maximum absolute atomic E-state index is 10.5. The molecule has 1 aliphatic rings. The molecule has 1 heterocycles. The second-order valence-electron chi connectivity index (χ2n) is 3.98. The monoisotopic (exact) mass is 222 g/mol. The first-order valence-corrected chi connectivity index (χ1v) is 5.34. The van der Waals surface area contributed by atoms with Gasteiger partial charge in [0.2, 0.25) is 5.82 Å². The lowest BCUT2D eigenvalue weighted by molar-refractivity contribution is -0.384. The van der Waals surface area contributed by atoms with Crippen molar-refractivity contribution < 1.29 is 4.92 Å². The predicted octanol–water partition coefficient (Wildman–Crippen LogP) is 1.93. The van der Waals surface area contributed by atoms with Crippen LogP contribution in [0.2, 0.25) is 0 Å². The molecule has 1 aromatic rings. The zero-order chi connectivity index (χ0) is 11.5. The van der Waals surface area contributed by atoms with Crippen LogP contribution < -0.4 is 11.1 Å². The smallest absolute Gasteiger partial charge is 0.311 e. The van der Waals surface area contributed by atoms with Crippen molar-refractivity contribution in [2.45, 2.75) is 31.7 Å². The summed E-state index contributed by atoms with van der Waals surface area (Å²) in [5.41, 5.74) is 5.36. The molecule has 0 radical (unpaired) electrons. The van der Waals surface area contributed by atoms with Crippen molar-refractivity contribution in [2.75, 3.05) is 11.1 Å². The molecule has 0 unspecified atom stereocenters. The van der Waals surface area contributed by atoms with E-state index in [2.05, 4.69) is 10.3 Å². The van der Waals surface area contributed by atoms with Crippen LogP contribution in [0.3, 0.4) is 0 Å². The van der Waals surface area contributed by atoms with Crippen LogP contribution in [0, 0.1) is 10.1 Å². The molecule has 0 atom stereocenters. The van der Waals surface area contributed by atoms with Crippen LogP contribution >= 0.6 is 0 Å². The highest BCUT2D eigenvalue weighted by Crippen LogP contribution is 2.24. The van der Waals surface area contributed by atoms with Crippen molar-refractivity contribution in [3.05, 3.63) is 22.2 Å². The largest absolute Gasteiger partial charge is 0.378 e. The molecule has 0 amide bonds. The minimum Gasteiger partial charge on any atom is -0.378 e. The number of anilines is 2. The summed E-state index contributed by atoms with van der Waals surface area (Å²) >= 11 is 0. The minimum atomic E-state index is -0.526. The van der Waals surface area contributed by atoms with Gasteiger partial charge in [-0.1, -0.05) is 12.8 Å². The van der Waals surface area contributed by atoms with E-state index in [1.807, 2.05) is 0 Å². The van der Waals surface area contributed by atoms with Crippen LogP contribution in [0.4, 0.5) is 17.3 Å². The topological polar surface area (TPSA) is 94.1 Å². The Morgan fingerprint density at radius 3 is 2.69 bits per heavy atom. The van der Waals surface area contributed by atoms with E-state index in [0.29, 0.717) is 11.9 Å². The van der Waals surface area contributed by atoms with Gasteiger partial charge in [0.05, 0.1) is 4.92 Å². The minimum absolute atomic E-state index is 0.0343. The molecule has 1 fully saturated rings. The van der Waals surface area contributed by atoms with Gasteiger partial charge >= 0.3 is 5.69 Å².